The van der Waals surface area contributed by atoms with Gasteiger partial charge in [-0.1, -0.05) is 36.4 Å². The van der Waals surface area contributed by atoms with E-state index < -0.39 is 48.4 Å². The average molecular weight is 551 g/mol. The Labute approximate surface area is 229 Å². The van der Waals surface area contributed by atoms with Gasteiger partial charge < -0.3 is 36.8 Å². The summed E-state index contributed by atoms with van der Waals surface area (Å²) in [5.41, 5.74) is 9.71. The van der Waals surface area contributed by atoms with Crippen LogP contribution in [0.1, 0.15) is 11.1 Å². The van der Waals surface area contributed by atoms with E-state index in [2.05, 4.69) is 38.5 Å². The number of benzene rings is 2. The maximum atomic E-state index is 13.2. The highest BCUT2D eigenvalue weighted by Gasteiger charge is 2.27. The number of nitrogens with one attached hydrogen (secondary N) is 5. The Bertz CT molecular complexity index is 1500. The number of para-hydroxylation sites is 2. The topological polar surface area (TPSA) is 182 Å². The molecule has 8 N–H and O–H groups in total. The highest BCUT2D eigenvalue weighted by Crippen LogP contribution is 2.20. The zero-order valence-corrected chi connectivity index (χ0v) is 21.8. The van der Waals surface area contributed by atoms with Crippen LogP contribution in [0.25, 0.3) is 21.8 Å². The normalized spacial score (nSPS) is 13.5. The van der Waals surface area contributed by atoms with Gasteiger partial charge in [0.05, 0.1) is 12.6 Å². The van der Waals surface area contributed by atoms with Crippen LogP contribution in [-0.4, -0.2) is 69.2 Å². The lowest BCUT2D eigenvalue weighted by Gasteiger charge is -2.21. The minimum atomic E-state index is -1.24. The predicted octanol–water partition coefficient (Wildman–Crippen LogP) is 0.862. The zero-order valence-electron chi connectivity index (χ0n) is 20.9. The van der Waals surface area contributed by atoms with Gasteiger partial charge in [0.25, 0.3) is 0 Å². The maximum absolute atomic E-state index is 13.2. The molecule has 0 spiro atoms. The van der Waals surface area contributed by atoms with Crippen LogP contribution in [0.15, 0.2) is 60.9 Å². The van der Waals surface area contributed by atoms with Crippen LogP contribution in [0.4, 0.5) is 0 Å². The lowest BCUT2D eigenvalue weighted by molar-refractivity contribution is -0.141. The van der Waals surface area contributed by atoms with Crippen molar-refractivity contribution in [2.24, 2.45) is 5.73 Å². The number of hydrogen-bond acceptors (Lipinski definition) is 6. The van der Waals surface area contributed by atoms with Crippen LogP contribution >= 0.6 is 12.6 Å². The van der Waals surface area contributed by atoms with Crippen molar-refractivity contribution >= 4 is 58.1 Å². The van der Waals surface area contributed by atoms with Gasteiger partial charge in [-0.05, 0) is 29.7 Å². The van der Waals surface area contributed by atoms with Crippen molar-refractivity contribution in [1.29, 1.82) is 0 Å². The number of rotatable bonds is 12. The minimum Gasteiger partial charge on any atom is -0.480 e. The van der Waals surface area contributed by atoms with Gasteiger partial charge in [0.2, 0.25) is 17.7 Å². The zero-order chi connectivity index (χ0) is 27.9. The number of carboxylic acids is 1. The van der Waals surface area contributed by atoms with E-state index in [0.29, 0.717) is 0 Å². The van der Waals surface area contributed by atoms with Crippen LogP contribution in [0, 0.1) is 0 Å². The molecule has 0 saturated carbocycles. The highest BCUT2D eigenvalue weighted by atomic mass is 32.1. The van der Waals surface area contributed by atoms with Gasteiger partial charge in [0.15, 0.2) is 0 Å². The molecule has 12 heteroatoms. The number of aromatic amines is 2. The number of nitrogens with two attached hydrogens (primary N) is 1. The smallest absolute Gasteiger partial charge is 0.327 e. The largest absolute Gasteiger partial charge is 0.480 e. The number of carbonyl (C=O) groups excluding carboxylic acids is 3. The van der Waals surface area contributed by atoms with Crippen LogP contribution < -0.4 is 21.7 Å². The Morgan fingerprint density at radius 3 is 1.95 bits per heavy atom. The summed E-state index contributed by atoms with van der Waals surface area (Å²) in [6.45, 7) is -0.474. The van der Waals surface area contributed by atoms with Gasteiger partial charge in [0, 0.05) is 46.4 Å². The molecule has 2 heterocycles. The fraction of sp³-hybridized carbons (Fsp3) is 0.259. The molecule has 204 valence electrons. The van der Waals surface area contributed by atoms with E-state index in [1.54, 1.807) is 6.20 Å². The lowest BCUT2D eigenvalue weighted by atomic mass is 10.0. The molecule has 0 fully saturated rings. The summed E-state index contributed by atoms with van der Waals surface area (Å²) < 4.78 is 0. The van der Waals surface area contributed by atoms with Crippen molar-refractivity contribution in [1.82, 2.24) is 25.9 Å². The molecule has 0 aliphatic carbocycles. The van der Waals surface area contributed by atoms with E-state index >= 15 is 0 Å². The summed E-state index contributed by atoms with van der Waals surface area (Å²) in [6, 6.07) is 12.1. The van der Waals surface area contributed by atoms with Crippen LogP contribution in [0.5, 0.6) is 0 Å². The second-order valence-corrected chi connectivity index (χ2v) is 9.52. The SMILES string of the molecule is N[C@@H](Cc1c[nH]c2ccccc12)C(=O)N[C@@H](Cc1c[nH]c2ccccc12)C(=O)NCC(=O)N[C@@H](CS)C(=O)O. The van der Waals surface area contributed by atoms with Crippen molar-refractivity contribution in [3.8, 4) is 0 Å². The molecule has 4 rings (SSSR count). The van der Waals surface area contributed by atoms with Crippen molar-refractivity contribution < 1.29 is 24.3 Å². The van der Waals surface area contributed by atoms with E-state index in [1.165, 1.54) is 0 Å². The number of aromatic nitrogens is 2. The summed E-state index contributed by atoms with van der Waals surface area (Å²) in [6.07, 6.45) is 3.96. The Kier molecular flexibility index (Phi) is 8.89. The van der Waals surface area contributed by atoms with E-state index in [-0.39, 0.29) is 18.6 Å². The number of carbonyl (C=O) groups is 4. The summed E-state index contributed by atoms with van der Waals surface area (Å²) in [4.78, 5) is 55.9. The molecule has 11 nitrogen and oxygen atoms in total. The Balaban J connectivity index is 1.46. The van der Waals surface area contributed by atoms with Gasteiger partial charge in [-0.25, -0.2) is 4.79 Å². The number of amides is 3. The van der Waals surface area contributed by atoms with E-state index in [4.69, 9.17) is 10.8 Å². The lowest BCUT2D eigenvalue weighted by Crippen LogP contribution is -2.54. The second-order valence-electron chi connectivity index (χ2n) is 9.15. The van der Waals surface area contributed by atoms with E-state index in [9.17, 15) is 19.2 Å². The van der Waals surface area contributed by atoms with Crippen LogP contribution in [0.3, 0.4) is 0 Å². The summed E-state index contributed by atoms with van der Waals surface area (Å²) in [7, 11) is 0. The molecular weight excluding hydrogens is 520 g/mol. The molecule has 4 aromatic rings. The quantitative estimate of drug-likeness (QED) is 0.121. The van der Waals surface area contributed by atoms with Gasteiger partial charge in [-0.2, -0.15) is 12.6 Å². The number of thiol groups is 1. The standard InChI is InChI=1S/C27H30N6O5S/c28-19(9-15-11-29-20-7-3-1-5-17(15)20)25(35)33-22(10-16-12-30-21-8-4-2-6-18(16)21)26(36)31-13-24(34)32-23(14-39)27(37)38/h1-8,11-12,19,22-23,29-30,39H,9-10,13-14,28H2,(H,31,36)(H,32,34)(H,33,35)(H,37,38)/t19-,22-,23-/m0/s1. The second kappa shape index (κ2) is 12.5. The maximum Gasteiger partial charge on any atom is 0.327 e. The minimum absolute atomic E-state index is 0.109. The Morgan fingerprint density at radius 2 is 1.38 bits per heavy atom. The van der Waals surface area contributed by atoms with Crippen LogP contribution in [0.2, 0.25) is 0 Å². The average Bonchev–Trinajstić information content (AvgIpc) is 3.53. The van der Waals surface area contributed by atoms with Crippen molar-refractivity contribution in [3.05, 3.63) is 72.1 Å². The number of carboxylic acid groups (broad SMARTS) is 1. The molecule has 0 saturated heterocycles. The monoisotopic (exact) mass is 550 g/mol. The molecule has 0 bridgehead atoms. The third-order valence-corrected chi connectivity index (χ3v) is 6.79. The summed E-state index contributed by atoms with van der Waals surface area (Å²) in [5.74, 6) is -3.18. The third kappa shape index (κ3) is 6.78. The van der Waals surface area contributed by atoms with E-state index in [1.807, 2.05) is 54.7 Å². The van der Waals surface area contributed by atoms with E-state index in [0.717, 1.165) is 32.9 Å². The van der Waals surface area contributed by atoms with Gasteiger partial charge >= 0.3 is 5.97 Å². The molecule has 0 aliphatic heterocycles. The first kappa shape index (κ1) is 27.7. The Morgan fingerprint density at radius 1 is 0.821 bits per heavy atom. The number of aliphatic carboxylic acids is 1. The van der Waals surface area contributed by atoms with Gasteiger partial charge in [0.1, 0.15) is 12.1 Å². The third-order valence-electron chi connectivity index (χ3n) is 6.42. The summed E-state index contributed by atoms with van der Waals surface area (Å²) >= 11 is 3.91. The molecule has 2 aromatic carbocycles. The molecule has 0 radical (unpaired) electrons. The molecule has 2 aromatic heterocycles. The highest BCUT2D eigenvalue weighted by molar-refractivity contribution is 7.80. The van der Waals surface area contributed by atoms with Gasteiger partial charge in [-0.15, -0.1) is 0 Å². The number of H-pyrrole nitrogens is 2. The first-order valence-electron chi connectivity index (χ1n) is 12.3. The molecule has 3 amide bonds. The van der Waals surface area contributed by atoms with Crippen molar-refractivity contribution in [2.45, 2.75) is 31.0 Å². The predicted molar refractivity (Wildman–Crippen MR) is 150 cm³/mol. The summed E-state index contributed by atoms with van der Waals surface area (Å²) in [5, 5.41) is 18.5. The Hall–Kier alpha value is -4.29. The van der Waals surface area contributed by atoms with Crippen molar-refractivity contribution in [2.75, 3.05) is 12.3 Å². The molecule has 39 heavy (non-hydrogen) atoms. The fourth-order valence-electron chi connectivity index (χ4n) is 4.36. The number of fused-ring (bicyclic) bond motifs is 2. The molecule has 3 atom stereocenters. The number of hydrogen-bond donors (Lipinski definition) is 8. The molecule has 0 unspecified atom stereocenters. The first-order valence-corrected chi connectivity index (χ1v) is 13.0. The molecular formula is C27H30N6O5S. The van der Waals surface area contributed by atoms with Crippen molar-refractivity contribution in [3.63, 3.8) is 0 Å². The van der Waals surface area contributed by atoms with Gasteiger partial charge in [-0.3, -0.25) is 14.4 Å². The fourth-order valence-corrected chi connectivity index (χ4v) is 4.61. The molecule has 0 aliphatic rings. The van der Waals surface area contributed by atoms with Crippen LogP contribution in [-0.2, 0) is 32.0 Å². The first-order chi connectivity index (χ1) is 18.8.